The molecule has 0 aromatic carbocycles. The number of hydrogen-bond acceptors (Lipinski definition) is 3. The van der Waals surface area contributed by atoms with Gasteiger partial charge in [0.25, 0.3) is 0 Å². The van der Waals surface area contributed by atoms with Crippen LogP contribution in [0.3, 0.4) is 0 Å². The molecule has 0 saturated heterocycles. The normalized spacial score (nSPS) is 26.1. The zero-order valence-electron chi connectivity index (χ0n) is 11.3. The quantitative estimate of drug-likeness (QED) is 0.816. The minimum Gasteiger partial charge on any atom is -0.467 e. The van der Waals surface area contributed by atoms with Gasteiger partial charge >= 0.3 is 0 Å². The first kappa shape index (κ1) is 13.6. The van der Waals surface area contributed by atoms with Crippen molar-refractivity contribution in [2.24, 2.45) is 11.8 Å². The maximum atomic E-state index is 9.86. The smallest absolute Gasteiger partial charge is 0.133 e. The summed E-state index contributed by atoms with van der Waals surface area (Å²) in [6.07, 6.45) is 7.84. The van der Waals surface area contributed by atoms with E-state index in [0.717, 1.165) is 18.4 Å². The SMILES string of the molecule is CCC1CCC(CNCC(O)c2ccco2)CC1. The van der Waals surface area contributed by atoms with Gasteiger partial charge in [0.15, 0.2) is 0 Å². The lowest BCUT2D eigenvalue weighted by atomic mass is 9.81. The number of hydrogen-bond donors (Lipinski definition) is 2. The van der Waals surface area contributed by atoms with E-state index in [-0.39, 0.29) is 0 Å². The van der Waals surface area contributed by atoms with Crippen molar-refractivity contribution >= 4 is 0 Å². The fraction of sp³-hybridized carbons (Fsp3) is 0.733. The zero-order chi connectivity index (χ0) is 12.8. The molecule has 2 N–H and O–H groups in total. The molecule has 3 heteroatoms. The summed E-state index contributed by atoms with van der Waals surface area (Å²) in [5, 5.41) is 13.2. The lowest BCUT2D eigenvalue weighted by Gasteiger charge is -2.28. The second-order valence-electron chi connectivity index (χ2n) is 5.48. The molecule has 1 unspecified atom stereocenters. The van der Waals surface area contributed by atoms with Crippen LogP contribution in [0.1, 0.15) is 50.9 Å². The van der Waals surface area contributed by atoms with Crippen molar-refractivity contribution in [3.05, 3.63) is 24.2 Å². The van der Waals surface area contributed by atoms with E-state index in [1.54, 1.807) is 6.26 Å². The Bertz CT molecular complexity index is 315. The largest absolute Gasteiger partial charge is 0.467 e. The molecule has 0 bridgehead atoms. The Balaban J connectivity index is 1.61. The van der Waals surface area contributed by atoms with Crippen LogP contribution in [-0.2, 0) is 0 Å². The number of rotatable bonds is 6. The molecule has 0 amide bonds. The van der Waals surface area contributed by atoms with Crippen LogP contribution in [0.5, 0.6) is 0 Å². The van der Waals surface area contributed by atoms with Crippen LogP contribution >= 0.6 is 0 Å². The van der Waals surface area contributed by atoms with Crippen LogP contribution in [0.25, 0.3) is 0 Å². The van der Waals surface area contributed by atoms with Gasteiger partial charge in [-0.25, -0.2) is 0 Å². The minimum absolute atomic E-state index is 0.521. The van der Waals surface area contributed by atoms with Crippen molar-refractivity contribution in [1.82, 2.24) is 5.32 Å². The first-order valence-corrected chi connectivity index (χ1v) is 7.21. The standard InChI is InChI=1S/C15H25NO2/c1-2-12-5-7-13(8-6-12)10-16-11-14(17)15-4-3-9-18-15/h3-4,9,12-14,16-17H,2,5-8,10-11H2,1H3. The van der Waals surface area contributed by atoms with Gasteiger partial charge in [0.1, 0.15) is 11.9 Å². The van der Waals surface area contributed by atoms with E-state index in [9.17, 15) is 5.11 Å². The lowest BCUT2D eigenvalue weighted by Crippen LogP contribution is -2.29. The molecule has 102 valence electrons. The number of aliphatic hydroxyl groups excluding tert-OH is 1. The second-order valence-corrected chi connectivity index (χ2v) is 5.48. The number of aliphatic hydroxyl groups is 1. The van der Waals surface area contributed by atoms with Crippen molar-refractivity contribution in [1.29, 1.82) is 0 Å². The van der Waals surface area contributed by atoms with E-state index in [1.165, 1.54) is 32.1 Å². The van der Waals surface area contributed by atoms with Gasteiger partial charge in [-0.15, -0.1) is 0 Å². The van der Waals surface area contributed by atoms with Crippen LogP contribution in [0, 0.1) is 11.8 Å². The van der Waals surface area contributed by atoms with Gasteiger partial charge in [-0.3, -0.25) is 0 Å². The van der Waals surface area contributed by atoms with E-state index in [1.807, 2.05) is 12.1 Å². The molecule has 0 aliphatic heterocycles. The third-order valence-electron chi connectivity index (χ3n) is 4.19. The molecule has 3 nitrogen and oxygen atoms in total. The monoisotopic (exact) mass is 251 g/mol. The fourth-order valence-electron chi connectivity index (χ4n) is 2.85. The van der Waals surface area contributed by atoms with E-state index >= 15 is 0 Å². The van der Waals surface area contributed by atoms with E-state index in [4.69, 9.17) is 4.42 Å². The van der Waals surface area contributed by atoms with Crippen molar-refractivity contribution in [3.8, 4) is 0 Å². The average molecular weight is 251 g/mol. The molecule has 1 aromatic rings. The Hall–Kier alpha value is -0.800. The molecule has 1 atom stereocenters. The summed E-state index contributed by atoms with van der Waals surface area (Å²) >= 11 is 0. The molecule has 0 radical (unpaired) electrons. The Labute approximate surface area is 110 Å². The summed E-state index contributed by atoms with van der Waals surface area (Å²) in [6.45, 7) is 3.90. The topological polar surface area (TPSA) is 45.4 Å². The van der Waals surface area contributed by atoms with Gasteiger partial charge in [-0.1, -0.05) is 26.2 Å². The maximum absolute atomic E-state index is 9.86. The van der Waals surface area contributed by atoms with Crippen LogP contribution in [0.15, 0.2) is 22.8 Å². The number of furan rings is 1. The Kier molecular flexibility index (Phi) is 5.26. The molecule has 1 aliphatic carbocycles. The summed E-state index contributed by atoms with van der Waals surface area (Å²) in [6, 6.07) is 3.63. The lowest BCUT2D eigenvalue weighted by molar-refractivity contribution is 0.143. The van der Waals surface area contributed by atoms with Crippen molar-refractivity contribution in [2.45, 2.75) is 45.1 Å². The summed E-state index contributed by atoms with van der Waals surface area (Å²) in [4.78, 5) is 0. The third-order valence-corrected chi connectivity index (χ3v) is 4.19. The third kappa shape index (κ3) is 3.85. The highest BCUT2D eigenvalue weighted by Gasteiger charge is 2.20. The van der Waals surface area contributed by atoms with Gasteiger partial charge in [0, 0.05) is 6.54 Å². The molecule has 1 aliphatic rings. The van der Waals surface area contributed by atoms with E-state index in [0.29, 0.717) is 12.3 Å². The summed E-state index contributed by atoms with van der Waals surface area (Å²) < 4.78 is 5.18. The Morgan fingerprint density at radius 2 is 2.06 bits per heavy atom. The highest BCUT2D eigenvalue weighted by atomic mass is 16.4. The molecular weight excluding hydrogens is 226 g/mol. The molecule has 18 heavy (non-hydrogen) atoms. The van der Waals surface area contributed by atoms with Crippen molar-refractivity contribution < 1.29 is 9.52 Å². The highest BCUT2D eigenvalue weighted by Crippen LogP contribution is 2.30. The van der Waals surface area contributed by atoms with Gasteiger partial charge in [-0.05, 0) is 43.4 Å². The van der Waals surface area contributed by atoms with E-state index < -0.39 is 6.10 Å². The first-order valence-electron chi connectivity index (χ1n) is 7.21. The van der Waals surface area contributed by atoms with Gasteiger partial charge in [0.05, 0.1) is 6.26 Å². The van der Waals surface area contributed by atoms with Crippen LogP contribution in [0.4, 0.5) is 0 Å². The molecule has 1 saturated carbocycles. The Morgan fingerprint density at radius 1 is 1.33 bits per heavy atom. The van der Waals surface area contributed by atoms with Gasteiger partial charge in [-0.2, -0.15) is 0 Å². The predicted octanol–water partition coefficient (Wildman–Crippen LogP) is 3.12. The van der Waals surface area contributed by atoms with Crippen LogP contribution < -0.4 is 5.32 Å². The number of nitrogens with one attached hydrogen (secondary N) is 1. The molecule has 0 spiro atoms. The van der Waals surface area contributed by atoms with Crippen molar-refractivity contribution in [3.63, 3.8) is 0 Å². The Morgan fingerprint density at radius 3 is 2.67 bits per heavy atom. The molecule has 2 rings (SSSR count). The minimum atomic E-state index is -0.521. The van der Waals surface area contributed by atoms with Crippen LogP contribution in [0.2, 0.25) is 0 Å². The van der Waals surface area contributed by atoms with E-state index in [2.05, 4.69) is 12.2 Å². The summed E-state index contributed by atoms with van der Waals surface area (Å²) in [7, 11) is 0. The summed E-state index contributed by atoms with van der Waals surface area (Å²) in [5.41, 5.74) is 0. The zero-order valence-corrected chi connectivity index (χ0v) is 11.3. The maximum Gasteiger partial charge on any atom is 0.133 e. The molecular formula is C15H25NO2. The van der Waals surface area contributed by atoms with Crippen molar-refractivity contribution in [2.75, 3.05) is 13.1 Å². The predicted molar refractivity (Wildman–Crippen MR) is 72.3 cm³/mol. The fourth-order valence-corrected chi connectivity index (χ4v) is 2.85. The molecule has 1 aromatic heterocycles. The second kappa shape index (κ2) is 6.95. The molecule has 1 heterocycles. The van der Waals surface area contributed by atoms with Gasteiger partial charge in [0.2, 0.25) is 0 Å². The summed E-state index contributed by atoms with van der Waals surface area (Å²) in [5.74, 6) is 2.39. The first-order chi connectivity index (χ1) is 8.79. The average Bonchev–Trinajstić information content (AvgIpc) is 2.93. The van der Waals surface area contributed by atoms with Gasteiger partial charge < -0.3 is 14.8 Å². The molecule has 1 fully saturated rings. The van der Waals surface area contributed by atoms with Crippen LogP contribution in [-0.4, -0.2) is 18.2 Å². The highest BCUT2D eigenvalue weighted by molar-refractivity contribution is 5.02.